The molecule has 0 unspecified atom stereocenters. The Hall–Kier alpha value is -2.21. The third kappa shape index (κ3) is 1.67. The van der Waals surface area contributed by atoms with Crippen LogP contribution in [0.1, 0.15) is 5.69 Å². The molecule has 3 rings (SSSR count). The summed E-state index contributed by atoms with van der Waals surface area (Å²) < 4.78 is 3.74. The molecule has 0 atom stereocenters. The highest BCUT2D eigenvalue weighted by atomic mass is 15.4. The van der Waals surface area contributed by atoms with Crippen LogP contribution < -0.4 is 5.73 Å². The molecule has 0 amide bonds. The van der Waals surface area contributed by atoms with Gasteiger partial charge >= 0.3 is 0 Å². The fraction of sp³-hybridized carbons (Fsp3) is 0.250. The van der Waals surface area contributed by atoms with Crippen molar-refractivity contribution in [2.45, 2.75) is 6.42 Å². The van der Waals surface area contributed by atoms with Gasteiger partial charge in [-0.2, -0.15) is 0 Å². The summed E-state index contributed by atoms with van der Waals surface area (Å²) in [6.45, 7) is 0.597. The maximum atomic E-state index is 5.53. The summed E-state index contributed by atoms with van der Waals surface area (Å²) in [5.41, 5.74) is 7.47. The van der Waals surface area contributed by atoms with E-state index < -0.39 is 0 Å². The van der Waals surface area contributed by atoms with Crippen molar-refractivity contribution in [1.82, 2.24) is 24.1 Å². The van der Waals surface area contributed by atoms with Crippen LogP contribution in [-0.2, 0) is 13.5 Å². The van der Waals surface area contributed by atoms with Crippen molar-refractivity contribution < 1.29 is 0 Å². The number of hydrogen-bond donors (Lipinski definition) is 1. The molecule has 0 spiro atoms. The molecule has 3 aromatic rings. The van der Waals surface area contributed by atoms with E-state index in [0.717, 1.165) is 29.3 Å². The Morgan fingerprint density at radius 1 is 1.39 bits per heavy atom. The monoisotopic (exact) mass is 242 g/mol. The second kappa shape index (κ2) is 4.23. The van der Waals surface area contributed by atoms with Crippen LogP contribution in [0.25, 0.3) is 17.2 Å². The maximum Gasteiger partial charge on any atom is 0.232 e. The topological polar surface area (TPSA) is 74.0 Å². The highest BCUT2D eigenvalue weighted by Gasteiger charge is 2.12. The number of aryl methyl sites for hydroxylation is 1. The first-order valence-corrected chi connectivity index (χ1v) is 5.81. The lowest BCUT2D eigenvalue weighted by molar-refractivity contribution is 0.902. The minimum Gasteiger partial charge on any atom is -0.330 e. The van der Waals surface area contributed by atoms with Gasteiger partial charge in [-0.05, 0) is 18.7 Å². The quantitative estimate of drug-likeness (QED) is 0.731. The number of hydrogen-bond acceptors (Lipinski definition) is 4. The molecule has 0 aromatic carbocycles. The number of aromatic nitrogens is 5. The number of imidazole rings is 1. The zero-order valence-corrected chi connectivity index (χ0v) is 10.1. The van der Waals surface area contributed by atoms with Crippen LogP contribution in [0.15, 0.2) is 30.7 Å². The molecule has 3 heterocycles. The first-order valence-electron chi connectivity index (χ1n) is 5.81. The van der Waals surface area contributed by atoms with Crippen LogP contribution in [0.4, 0.5) is 0 Å². The van der Waals surface area contributed by atoms with Crippen molar-refractivity contribution in [3.8, 4) is 11.4 Å². The number of nitrogens with two attached hydrogens (primary N) is 1. The molecular weight excluding hydrogens is 228 g/mol. The third-order valence-electron chi connectivity index (χ3n) is 2.86. The highest BCUT2D eigenvalue weighted by molar-refractivity contribution is 5.56. The molecule has 92 valence electrons. The van der Waals surface area contributed by atoms with E-state index in [4.69, 9.17) is 5.73 Å². The lowest BCUT2D eigenvalue weighted by Gasteiger charge is -1.99. The number of nitrogens with zero attached hydrogens (tertiary/aromatic N) is 5. The summed E-state index contributed by atoms with van der Waals surface area (Å²) in [5.74, 6) is 1.67. The van der Waals surface area contributed by atoms with Crippen molar-refractivity contribution in [1.29, 1.82) is 0 Å². The molecule has 2 N–H and O–H groups in total. The van der Waals surface area contributed by atoms with Crippen molar-refractivity contribution in [2.75, 3.05) is 6.54 Å². The van der Waals surface area contributed by atoms with Gasteiger partial charge < -0.3 is 5.73 Å². The Morgan fingerprint density at radius 2 is 2.28 bits per heavy atom. The number of pyridine rings is 1. The summed E-state index contributed by atoms with van der Waals surface area (Å²) in [7, 11) is 1.95. The zero-order valence-electron chi connectivity index (χ0n) is 10.1. The smallest absolute Gasteiger partial charge is 0.232 e. The van der Waals surface area contributed by atoms with Gasteiger partial charge in [0.1, 0.15) is 0 Å². The molecule has 0 aliphatic heterocycles. The fourth-order valence-corrected chi connectivity index (χ4v) is 1.99. The van der Waals surface area contributed by atoms with Crippen molar-refractivity contribution in [2.24, 2.45) is 12.8 Å². The second-order valence-corrected chi connectivity index (χ2v) is 4.14. The van der Waals surface area contributed by atoms with Gasteiger partial charge in [0.05, 0.1) is 11.9 Å². The molecule has 0 bridgehead atoms. The molecule has 0 aliphatic rings. The van der Waals surface area contributed by atoms with Gasteiger partial charge in [0.25, 0.3) is 0 Å². The predicted molar refractivity (Wildman–Crippen MR) is 67.9 cm³/mol. The van der Waals surface area contributed by atoms with Gasteiger partial charge in [0, 0.05) is 31.4 Å². The Balaban J connectivity index is 2.10. The normalized spacial score (nSPS) is 11.2. The Morgan fingerprint density at radius 3 is 2.94 bits per heavy atom. The van der Waals surface area contributed by atoms with E-state index in [1.165, 1.54) is 0 Å². The van der Waals surface area contributed by atoms with E-state index in [1.54, 1.807) is 16.9 Å². The van der Waals surface area contributed by atoms with E-state index in [-0.39, 0.29) is 0 Å². The van der Waals surface area contributed by atoms with Crippen LogP contribution in [0.3, 0.4) is 0 Å². The van der Waals surface area contributed by atoms with Crippen molar-refractivity contribution in [3.63, 3.8) is 0 Å². The van der Waals surface area contributed by atoms with Crippen molar-refractivity contribution >= 4 is 5.78 Å². The first-order chi connectivity index (χ1) is 8.79. The minimum atomic E-state index is 0.597. The van der Waals surface area contributed by atoms with Gasteiger partial charge in [-0.1, -0.05) is 0 Å². The predicted octanol–water partition coefficient (Wildman–Crippen LogP) is 0.631. The molecule has 0 saturated carbocycles. The van der Waals surface area contributed by atoms with Crippen LogP contribution in [-0.4, -0.2) is 30.7 Å². The lowest BCUT2D eigenvalue weighted by atomic mass is 10.3. The molecule has 0 aliphatic carbocycles. The average Bonchev–Trinajstić information content (AvgIpc) is 2.91. The maximum absolute atomic E-state index is 5.53. The van der Waals surface area contributed by atoms with Gasteiger partial charge in [-0.15, -0.1) is 5.10 Å². The second-order valence-electron chi connectivity index (χ2n) is 4.14. The zero-order chi connectivity index (χ0) is 12.5. The van der Waals surface area contributed by atoms with Crippen LogP contribution in [0.5, 0.6) is 0 Å². The highest BCUT2D eigenvalue weighted by Crippen LogP contribution is 2.17. The van der Waals surface area contributed by atoms with E-state index in [0.29, 0.717) is 6.54 Å². The Kier molecular flexibility index (Phi) is 2.56. The van der Waals surface area contributed by atoms with E-state index >= 15 is 0 Å². The average molecular weight is 242 g/mol. The van der Waals surface area contributed by atoms with E-state index in [2.05, 4.69) is 15.1 Å². The van der Waals surface area contributed by atoms with Crippen LogP contribution in [0.2, 0.25) is 0 Å². The van der Waals surface area contributed by atoms with Crippen molar-refractivity contribution in [3.05, 3.63) is 36.4 Å². The summed E-state index contributed by atoms with van der Waals surface area (Å²) in [4.78, 5) is 8.62. The summed E-state index contributed by atoms with van der Waals surface area (Å²) in [5, 5.41) is 4.52. The SMILES string of the molecule is Cn1c(-c2cccnc2)nn2cc(CCN)nc12. The first kappa shape index (κ1) is 10.9. The van der Waals surface area contributed by atoms with Gasteiger partial charge in [0.15, 0.2) is 5.82 Å². The Labute approximate surface area is 104 Å². The third-order valence-corrected chi connectivity index (χ3v) is 2.86. The molecule has 0 saturated heterocycles. The standard InChI is InChI=1S/C12H14N6/c1-17-11(9-3-2-6-14-7-9)16-18-8-10(4-5-13)15-12(17)18/h2-3,6-8H,4-5,13H2,1H3. The number of fused-ring (bicyclic) bond motifs is 1. The molecule has 3 aromatic heterocycles. The number of rotatable bonds is 3. The molecular formula is C12H14N6. The largest absolute Gasteiger partial charge is 0.330 e. The van der Waals surface area contributed by atoms with Gasteiger partial charge in [0.2, 0.25) is 5.78 Å². The van der Waals surface area contributed by atoms with Crippen LogP contribution >= 0.6 is 0 Å². The molecule has 6 nitrogen and oxygen atoms in total. The Bertz CT molecular complexity index is 667. The lowest BCUT2D eigenvalue weighted by Crippen LogP contribution is -2.03. The van der Waals surface area contributed by atoms with E-state index in [9.17, 15) is 0 Å². The summed E-state index contributed by atoms with van der Waals surface area (Å²) >= 11 is 0. The molecule has 0 fully saturated rings. The minimum absolute atomic E-state index is 0.597. The molecule has 0 radical (unpaired) electrons. The molecule has 18 heavy (non-hydrogen) atoms. The fourth-order valence-electron chi connectivity index (χ4n) is 1.99. The summed E-state index contributed by atoms with van der Waals surface area (Å²) in [6.07, 6.45) is 6.23. The van der Waals surface area contributed by atoms with Gasteiger partial charge in [-0.3, -0.25) is 9.55 Å². The van der Waals surface area contributed by atoms with Gasteiger partial charge in [-0.25, -0.2) is 9.50 Å². The van der Waals surface area contributed by atoms with Crippen LogP contribution in [0, 0.1) is 0 Å². The molecule has 6 heteroatoms. The van der Waals surface area contributed by atoms with E-state index in [1.807, 2.05) is 29.9 Å². The summed E-state index contributed by atoms with van der Waals surface area (Å²) in [6, 6.07) is 3.88.